The molecule has 12 heteroatoms. The maximum absolute atomic E-state index is 12.5. The number of nitrogens with one attached hydrogen (secondary N) is 1. The van der Waals surface area contributed by atoms with Crippen molar-refractivity contribution >= 4 is 17.3 Å². The Morgan fingerprint density at radius 3 is 2.61 bits per heavy atom. The van der Waals surface area contributed by atoms with Crippen LogP contribution in [0.25, 0.3) is 22.1 Å². The number of hydrogen-bond acceptors (Lipinski definition) is 9. The van der Waals surface area contributed by atoms with Crippen molar-refractivity contribution in [1.29, 1.82) is 0 Å². The van der Waals surface area contributed by atoms with Gasteiger partial charge in [0.1, 0.15) is 10.7 Å². The fourth-order valence-electron chi connectivity index (χ4n) is 2.20. The number of nitrogens with zero attached hydrogens (tertiary/aromatic N) is 6. The first-order chi connectivity index (χ1) is 13.5. The average molecular weight is 405 g/mol. The zero-order chi connectivity index (χ0) is 19.6. The molecule has 0 bridgehead atoms. The number of alkyl halides is 3. The molecule has 0 fully saturated rings. The summed E-state index contributed by atoms with van der Waals surface area (Å²) in [7, 11) is 0. The largest absolute Gasteiger partial charge is 0.471 e. The molecule has 0 unspecified atom stereocenters. The lowest BCUT2D eigenvalue weighted by molar-refractivity contribution is -0.159. The van der Waals surface area contributed by atoms with Crippen molar-refractivity contribution in [2.24, 2.45) is 0 Å². The van der Waals surface area contributed by atoms with Gasteiger partial charge in [0, 0.05) is 29.5 Å². The number of thiazole rings is 1. The van der Waals surface area contributed by atoms with E-state index in [4.69, 9.17) is 0 Å². The number of rotatable bonds is 5. The summed E-state index contributed by atoms with van der Waals surface area (Å²) in [5.74, 6) is -1.17. The maximum Gasteiger partial charge on any atom is 0.471 e. The third-order valence-corrected chi connectivity index (χ3v) is 4.28. The molecule has 8 nitrogen and oxygen atoms in total. The second-order valence-electron chi connectivity index (χ2n) is 5.42. The molecule has 0 radical (unpaired) electrons. The maximum atomic E-state index is 12.5. The van der Waals surface area contributed by atoms with Crippen LogP contribution in [-0.2, 0) is 12.7 Å². The van der Waals surface area contributed by atoms with Gasteiger partial charge in [0.15, 0.2) is 0 Å². The normalized spacial score (nSPS) is 11.5. The Labute approximate surface area is 159 Å². The van der Waals surface area contributed by atoms with Crippen LogP contribution in [-0.4, -0.2) is 30.1 Å². The van der Waals surface area contributed by atoms with Gasteiger partial charge in [0.05, 0.1) is 12.2 Å². The molecule has 0 amide bonds. The molecular weight excluding hydrogens is 395 g/mol. The number of halogens is 3. The molecule has 0 aliphatic carbocycles. The Balaban J connectivity index is 1.43. The van der Waals surface area contributed by atoms with Gasteiger partial charge in [-0.3, -0.25) is 4.98 Å². The highest BCUT2D eigenvalue weighted by Crippen LogP contribution is 2.29. The van der Waals surface area contributed by atoms with E-state index in [-0.39, 0.29) is 5.82 Å². The Kier molecular flexibility index (Phi) is 4.69. The molecule has 0 spiro atoms. The highest BCUT2D eigenvalue weighted by molar-refractivity contribution is 7.13. The summed E-state index contributed by atoms with van der Waals surface area (Å²) in [5, 5.41) is 9.01. The van der Waals surface area contributed by atoms with Crippen molar-refractivity contribution < 1.29 is 17.7 Å². The standard InChI is InChI=1S/C16H10F3N7OS/c17-16(18,19)14-25-12(26-27-14)9-1-2-10(22-7-9)8-23-15-21-4-3-11(24-15)13-20-5-6-28-13/h1-7H,8H2,(H,21,23,24). The van der Waals surface area contributed by atoms with Crippen LogP contribution in [0.15, 0.2) is 46.7 Å². The Bertz CT molecular complexity index is 1060. The summed E-state index contributed by atoms with van der Waals surface area (Å²) in [4.78, 5) is 20.2. The zero-order valence-corrected chi connectivity index (χ0v) is 14.7. The van der Waals surface area contributed by atoms with E-state index in [2.05, 4.69) is 39.9 Å². The first-order valence-corrected chi connectivity index (χ1v) is 8.70. The molecule has 4 rings (SSSR count). The van der Waals surface area contributed by atoms with Gasteiger partial charge < -0.3 is 9.84 Å². The Morgan fingerprint density at radius 1 is 1.04 bits per heavy atom. The van der Waals surface area contributed by atoms with E-state index in [1.165, 1.54) is 17.5 Å². The van der Waals surface area contributed by atoms with Gasteiger partial charge in [-0.2, -0.15) is 18.2 Å². The minimum absolute atomic E-state index is 0.182. The minimum Gasteiger partial charge on any atom is -0.349 e. The van der Waals surface area contributed by atoms with E-state index in [0.29, 0.717) is 29.4 Å². The van der Waals surface area contributed by atoms with Crippen LogP contribution < -0.4 is 5.32 Å². The highest BCUT2D eigenvalue weighted by Gasteiger charge is 2.38. The van der Waals surface area contributed by atoms with E-state index >= 15 is 0 Å². The Morgan fingerprint density at radius 2 is 1.93 bits per heavy atom. The summed E-state index contributed by atoms with van der Waals surface area (Å²) in [6.07, 6.45) is 0.00370. The molecule has 0 aliphatic rings. The average Bonchev–Trinajstić information content (AvgIpc) is 3.39. The fraction of sp³-hybridized carbons (Fsp3) is 0.125. The summed E-state index contributed by atoms with van der Waals surface area (Å²) >= 11 is 1.47. The van der Waals surface area contributed by atoms with E-state index in [1.807, 2.05) is 5.38 Å². The van der Waals surface area contributed by atoms with Crippen LogP contribution in [0.4, 0.5) is 19.1 Å². The summed E-state index contributed by atoms with van der Waals surface area (Å²) < 4.78 is 41.8. The SMILES string of the molecule is FC(F)(F)c1nc(-c2ccc(CNc3nccc(-c4nccs4)n3)nc2)no1. The van der Waals surface area contributed by atoms with Crippen LogP contribution in [0, 0.1) is 0 Å². The first-order valence-electron chi connectivity index (χ1n) is 7.82. The molecule has 0 aliphatic heterocycles. The lowest BCUT2D eigenvalue weighted by atomic mass is 10.2. The molecule has 0 aromatic carbocycles. The number of anilines is 1. The lowest BCUT2D eigenvalue weighted by Gasteiger charge is -2.05. The molecule has 4 aromatic heterocycles. The topological polar surface area (TPSA) is 103 Å². The van der Waals surface area contributed by atoms with Gasteiger partial charge in [-0.1, -0.05) is 5.16 Å². The molecule has 0 atom stereocenters. The summed E-state index contributed by atoms with van der Waals surface area (Å²) in [6.45, 7) is 0.321. The van der Waals surface area contributed by atoms with Crippen LogP contribution >= 0.6 is 11.3 Å². The minimum atomic E-state index is -4.68. The number of aromatic nitrogens is 6. The quantitative estimate of drug-likeness (QED) is 0.536. The molecule has 1 N–H and O–H groups in total. The third-order valence-electron chi connectivity index (χ3n) is 3.49. The van der Waals surface area contributed by atoms with Crippen LogP contribution in [0.5, 0.6) is 0 Å². The van der Waals surface area contributed by atoms with Gasteiger partial charge in [-0.15, -0.1) is 11.3 Å². The molecule has 28 heavy (non-hydrogen) atoms. The second-order valence-corrected chi connectivity index (χ2v) is 6.31. The van der Waals surface area contributed by atoms with E-state index in [9.17, 15) is 13.2 Å². The van der Waals surface area contributed by atoms with Crippen molar-refractivity contribution in [3.8, 4) is 22.1 Å². The molecule has 0 saturated carbocycles. The van der Waals surface area contributed by atoms with Crippen LogP contribution in [0.3, 0.4) is 0 Å². The van der Waals surface area contributed by atoms with Crippen LogP contribution in [0.2, 0.25) is 0 Å². The van der Waals surface area contributed by atoms with E-state index < -0.39 is 12.1 Å². The van der Waals surface area contributed by atoms with Crippen molar-refractivity contribution in [3.05, 3.63) is 53.8 Å². The Hall–Kier alpha value is -3.41. The highest BCUT2D eigenvalue weighted by atomic mass is 32.1. The molecular formula is C16H10F3N7OS. The van der Waals surface area contributed by atoms with Gasteiger partial charge in [-0.05, 0) is 18.2 Å². The van der Waals surface area contributed by atoms with Crippen molar-refractivity contribution in [3.63, 3.8) is 0 Å². The van der Waals surface area contributed by atoms with Gasteiger partial charge in [-0.25, -0.2) is 15.0 Å². The van der Waals surface area contributed by atoms with Gasteiger partial charge >= 0.3 is 12.1 Å². The van der Waals surface area contributed by atoms with E-state index in [1.54, 1.807) is 30.6 Å². The van der Waals surface area contributed by atoms with Crippen LogP contribution in [0.1, 0.15) is 11.6 Å². The van der Waals surface area contributed by atoms with E-state index in [0.717, 1.165) is 5.01 Å². The molecule has 4 aromatic rings. The number of hydrogen-bond donors (Lipinski definition) is 1. The molecule has 4 heterocycles. The monoisotopic (exact) mass is 405 g/mol. The van der Waals surface area contributed by atoms with Crippen molar-refractivity contribution in [2.75, 3.05) is 5.32 Å². The lowest BCUT2D eigenvalue weighted by Crippen LogP contribution is -2.05. The second kappa shape index (κ2) is 7.31. The zero-order valence-electron chi connectivity index (χ0n) is 13.9. The smallest absolute Gasteiger partial charge is 0.349 e. The third kappa shape index (κ3) is 3.96. The van der Waals surface area contributed by atoms with Crippen molar-refractivity contribution in [2.45, 2.75) is 12.7 Å². The predicted octanol–water partition coefficient (Wildman–Crippen LogP) is 3.68. The number of pyridine rings is 1. The van der Waals surface area contributed by atoms with Gasteiger partial charge in [0.25, 0.3) is 0 Å². The predicted molar refractivity (Wildman–Crippen MR) is 93.0 cm³/mol. The summed E-state index contributed by atoms with van der Waals surface area (Å²) in [6, 6.07) is 4.95. The first kappa shape index (κ1) is 18.0. The van der Waals surface area contributed by atoms with Gasteiger partial charge in [0.2, 0.25) is 11.8 Å². The molecule has 142 valence electrons. The molecule has 0 saturated heterocycles. The summed E-state index contributed by atoms with van der Waals surface area (Å²) in [5.41, 5.74) is 1.64. The fourth-order valence-corrected chi connectivity index (χ4v) is 2.81. The van der Waals surface area contributed by atoms with Crippen molar-refractivity contribution in [1.82, 2.24) is 30.1 Å².